The van der Waals surface area contributed by atoms with Gasteiger partial charge in [0, 0.05) is 33.8 Å². The first-order valence-electron chi connectivity index (χ1n) is 8.83. The van der Waals surface area contributed by atoms with E-state index >= 15 is 0 Å². The van der Waals surface area contributed by atoms with Crippen LogP contribution in [-0.2, 0) is 14.4 Å². The molecule has 0 radical (unpaired) electrons. The number of thioether (sulfide) groups is 1. The molecule has 0 bridgehead atoms. The second-order valence-corrected chi connectivity index (χ2v) is 8.06. The van der Waals surface area contributed by atoms with Crippen LogP contribution in [-0.4, -0.2) is 35.2 Å². The molecular formula is C21H21ClN2O5S. The van der Waals surface area contributed by atoms with E-state index in [2.05, 4.69) is 10.6 Å². The lowest BCUT2D eigenvalue weighted by molar-refractivity contribution is -0.131. The Labute approximate surface area is 183 Å². The number of amides is 2. The molecule has 3 N–H and O–H groups in total. The van der Waals surface area contributed by atoms with Crippen molar-refractivity contribution in [2.24, 2.45) is 0 Å². The minimum absolute atomic E-state index is 0.198. The summed E-state index contributed by atoms with van der Waals surface area (Å²) >= 11 is 7.44. The highest BCUT2D eigenvalue weighted by Crippen LogP contribution is 2.32. The van der Waals surface area contributed by atoms with Gasteiger partial charge in [-0.2, -0.15) is 0 Å². The number of benzene rings is 2. The summed E-state index contributed by atoms with van der Waals surface area (Å²) in [5.41, 5.74) is 1.88. The molecule has 0 aromatic heterocycles. The van der Waals surface area contributed by atoms with Crippen molar-refractivity contribution in [3.8, 4) is 5.75 Å². The quantitative estimate of drug-likeness (QED) is 0.409. The summed E-state index contributed by atoms with van der Waals surface area (Å²) in [5, 5.41) is 14.1. The van der Waals surface area contributed by atoms with E-state index in [4.69, 9.17) is 21.4 Å². The predicted octanol–water partition coefficient (Wildman–Crippen LogP) is 4.36. The van der Waals surface area contributed by atoms with Gasteiger partial charge >= 0.3 is 5.97 Å². The van der Waals surface area contributed by atoms with Crippen molar-refractivity contribution >= 4 is 52.5 Å². The lowest BCUT2D eigenvalue weighted by Gasteiger charge is -2.15. The van der Waals surface area contributed by atoms with Gasteiger partial charge in [0.2, 0.25) is 11.8 Å². The smallest absolute Gasteiger partial charge is 0.328 e. The molecule has 2 amide bonds. The Bertz CT molecular complexity index is 976. The summed E-state index contributed by atoms with van der Waals surface area (Å²) in [7, 11) is 1.51. The molecule has 7 nitrogen and oxygen atoms in total. The SMILES string of the molecule is COc1cc(Cl)c(C)cc1NC(=O)C(C)Sc1ccc(NC(=O)/C=C/C(=O)O)cc1. The van der Waals surface area contributed by atoms with Gasteiger partial charge in [-0.1, -0.05) is 11.6 Å². The molecule has 1 atom stereocenters. The molecule has 2 aromatic rings. The van der Waals surface area contributed by atoms with Crippen molar-refractivity contribution in [1.82, 2.24) is 0 Å². The number of aliphatic carboxylic acids is 1. The molecule has 0 aliphatic rings. The number of aryl methyl sites for hydroxylation is 1. The minimum Gasteiger partial charge on any atom is -0.495 e. The molecule has 30 heavy (non-hydrogen) atoms. The van der Waals surface area contributed by atoms with Gasteiger partial charge in [0.1, 0.15) is 5.75 Å². The van der Waals surface area contributed by atoms with E-state index in [0.29, 0.717) is 22.1 Å². The largest absolute Gasteiger partial charge is 0.495 e. The third-order valence-corrected chi connectivity index (χ3v) is 5.44. The van der Waals surface area contributed by atoms with Crippen molar-refractivity contribution in [2.45, 2.75) is 24.0 Å². The molecule has 2 aromatic carbocycles. The van der Waals surface area contributed by atoms with Gasteiger partial charge in [-0.25, -0.2) is 4.79 Å². The van der Waals surface area contributed by atoms with Gasteiger partial charge in [-0.15, -0.1) is 11.8 Å². The molecular weight excluding hydrogens is 428 g/mol. The summed E-state index contributed by atoms with van der Waals surface area (Å²) < 4.78 is 5.28. The molecule has 0 aliphatic heterocycles. The van der Waals surface area contributed by atoms with Crippen LogP contribution in [0.3, 0.4) is 0 Å². The molecule has 0 saturated heterocycles. The molecule has 2 rings (SSSR count). The molecule has 0 fully saturated rings. The van der Waals surface area contributed by atoms with Crippen LogP contribution in [0.15, 0.2) is 53.4 Å². The fourth-order valence-corrected chi connectivity index (χ4v) is 3.39. The zero-order chi connectivity index (χ0) is 22.3. The topological polar surface area (TPSA) is 105 Å². The highest BCUT2D eigenvalue weighted by atomic mass is 35.5. The van der Waals surface area contributed by atoms with E-state index < -0.39 is 17.1 Å². The highest BCUT2D eigenvalue weighted by molar-refractivity contribution is 8.00. The van der Waals surface area contributed by atoms with E-state index in [1.807, 2.05) is 6.92 Å². The van der Waals surface area contributed by atoms with E-state index in [-0.39, 0.29) is 5.91 Å². The number of ether oxygens (including phenoxy) is 1. The fourth-order valence-electron chi connectivity index (χ4n) is 2.37. The Hall–Kier alpha value is -2.97. The fraction of sp³-hybridized carbons (Fsp3) is 0.190. The number of carbonyl (C=O) groups is 3. The number of carbonyl (C=O) groups excluding carboxylic acids is 2. The zero-order valence-electron chi connectivity index (χ0n) is 16.6. The van der Waals surface area contributed by atoms with Crippen LogP contribution in [0.25, 0.3) is 0 Å². The van der Waals surface area contributed by atoms with Crippen LogP contribution < -0.4 is 15.4 Å². The number of methoxy groups -OCH3 is 1. The maximum Gasteiger partial charge on any atom is 0.328 e. The summed E-state index contributed by atoms with van der Waals surface area (Å²) in [6.45, 7) is 3.62. The van der Waals surface area contributed by atoms with Crippen LogP contribution in [0.5, 0.6) is 5.75 Å². The Morgan fingerprint density at radius 3 is 2.40 bits per heavy atom. The average molecular weight is 449 g/mol. The highest BCUT2D eigenvalue weighted by Gasteiger charge is 2.17. The van der Waals surface area contributed by atoms with Crippen molar-refractivity contribution in [2.75, 3.05) is 17.7 Å². The Balaban J connectivity index is 1.98. The third-order valence-electron chi connectivity index (χ3n) is 3.92. The molecule has 9 heteroatoms. The summed E-state index contributed by atoms with van der Waals surface area (Å²) in [6, 6.07) is 10.3. The molecule has 0 spiro atoms. The lowest BCUT2D eigenvalue weighted by Crippen LogP contribution is -2.22. The number of nitrogens with one attached hydrogen (secondary N) is 2. The Morgan fingerprint density at radius 2 is 1.80 bits per heavy atom. The van der Waals surface area contributed by atoms with Gasteiger partial charge in [0.15, 0.2) is 0 Å². The minimum atomic E-state index is -1.20. The molecule has 158 valence electrons. The van der Waals surface area contributed by atoms with Crippen molar-refractivity contribution < 1.29 is 24.2 Å². The zero-order valence-corrected chi connectivity index (χ0v) is 18.1. The molecule has 0 heterocycles. The first-order valence-corrected chi connectivity index (χ1v) is 10.1. The Kier molecular flexibility index (Phi) is 8.32. The number of hydrogen-bond donors (Lipinski definition) is 3. The summed E-state index contributed by atoms with van der Waals surface area (Å²) in [4.78, 5) is 35.4. The van der Waals surface area contributed by atoms with E-state index in [9.17, 15) is 14.4 Å². The first kappa shape index (κ1) is 23.3. The summed E-state index contributed by atoms with van der Waals surface area (Å²) in [6.07, 6.45) is 1.70. The maximum atomic E-state index is 12.6. The normalized spacial score (nSPS) is 11.7. The van der Waals surface area contributed by atoms with Crippen LogP contribution in [0, 0.1) is 6.92 Å². The van der Waals surface area contributed by atoms with E-state index in [1.165, 1.54) is 18.9 Å². The van der Waals surface area contributed by atoms with Crippen molar-refractivity contribution in [3.63, 3.8) is 0 Å². The number of carboxylic acids is 1. The second kappa shape index (κ2) is 10.7. The van der Waals surface area contributed by atoms with Gasteiger partial charge < -0.3 is 20.5 Å². The first-order chi connectivity index (χ1) is 14.2. The average Bonchev–Trinajstić information content (AvgIpc) is 2.70. The molecule has 1 unspecified atom stereocenters. The lowest BCUT2D eigenvalue weighted by atomic mass is 10.2. The van der Waals surface area contributed by atoms with Gasteiger partial charge in [0.05, 0.1) is 18.0 Å². The predicted molar refractivity (Wildman–Crippen MR) is 119 cm³/mol. The number of anilines is 2. The molecule has 0 aliphatic carbocycles. The van der Waals surface area contributed by atoms with Crippen LogP contribution in [0.1, 0.15) is 12.5 Å². The van der Waals surface area contributed by atoms with Crippen LogP contribution >= 0.6 is 23.4 Å². The number of rotatable bonds is 8. The summed E-state index contributed by atoms with van der Waals surface area (Å²) in [5.74, 6) is -1.46. The number of carboxylic acid groups (broad SMARTS) is 1. The second-order valence-electron chi connectivity index (χ2n) is 6.24. The van der Waals surface area contributed by atoms with Crippen molar-refractivity contribution in [1.29, 1.82) is 0 Å². The van der Waals surface area contributed by atoms with Gasteiger partial charge in [-0.05, 0) is 49.7 Å². The maximum absolute atomic E-state index is 12.6. The van der Waals surface area contributed by atoms with Crippen molar-refractivity contribution in [3.05, 3.63) is 59.1 Å². The van der Waals surface area contributed by atoms with Crippen LogP contribution in [0.4, 0.5) is 11.4 Å². The third kappa shape index (κ3) is 6.82. The Morgan fingerprint density at radius 1 is 1.13 bits per heavy atom. The van der Waals surface area contributed by atoms with Gasteiger partial charge in [-0.3, -0.25) is 9.59 Å². The molecule has 0 saturated carbocycles. The number of hydrogen-bond acceptors (Lipinski definition) is 5. The van der Waals surface area contributed by atoms with Gasteiger partial charge in [0.25, 0.3) is 0 Å². The monoisotopic (exact) mass is 448 g/mol. The number of halogens is 1. The van der Waals surface area contributed by atoms with Crippen LogP contribution in [0.2, 0.25) is 5.02 Å². The van der Waals surface area contributed by atoms with E-state index in [1.54, 1.807) is 43.3 Å². The standard InChI is InChI=1S/C21H21ClN2O5S/c1-12-10-17(18(29-3)11-16(12)22)24-21(28)13(2)30-15-6-4-14(5-7-15)23-19(25)8-9-20(26)27/h4-11,13H,1-3H3,(H,23,25)(H,24,28)(H,26,27)/b9-8+. The van der Waals surface area contributed by atoms with E-state index in [0.717, 1.165) is 22.6 Å².